The highest BCUT2D eigenvalue weighted by Crippen LogP contribution is 2.24. The van der Waals surface area contributed by atoms with E-state index in [0.29, 0.717) is 6.04 Å². The molecule has 2 N–H and O–H groups in total. The van der Waals surface area contributed by atoms with E-state index in [0.717, 1.165) is 18.9 Å². The molecule has 0 saturated heterocycles. The highest BCUT2D eigenvalue weighted by molar-refractivity contribution is 4.79. The summed E-state index contributed by atoms with van der Waals surface area (Å²) in [4.78, 5) is 0. The van der Waals surface area contributed by atoms with Crippen molar-refractivity contribution < 1.29 is 5.11 Å². The van der Waals surface area contributed by atoms with E-state index in [2.05, 4.69) is 12.2 Å². The molecule has 12 heavy (non-hydrogen) atoms. The first kappa shape index (κ1) is 10.0. The molecule has 0 radical (unpaired) electrons. The zero-order chi connectivity index (χ0) is 8.97. The van der Waals surface area contributed by atoms with Gasteiger partial charge in [-0.1, -0.05) is 13.3 Å². The van der Waals surface area contributed by atoms with Crippen molar-refractivity contribution in [2.24, 2.45) is 5.92 Å². The minimum Gasteiger partial charge on any atom is -0.393 e. The van der Waals surface area contributed by atoms with Crippen LogP contribution in [0.3, 0.4) is 0 Å². The first-order chi connectivity index (χ1) is 5.70. The molecule has 0 unspecified atom stereocenters. The fraction of sp³-hybridized carbons (Fsp3) is 1.00. The predicted octanol–water partition coefficient (Wildman–Crippen LogP) is 1.54. The molecular weight excluding hydrogens is 150 g/mol. The van der Waals surface area contributed by atoms with E-state index in [9.17, 15) is 0 Å². The van der Waals surface area contributed by atoms with E-state index in [1.54, 1.807) is 0 Å². The zero-order valence-electron chi connectivity index (χ0n) is 8.21. The fourth-order valence-corrected chi connectivity index (χ4v) is 1.93. The minimum absolute atomic E-state index is 0.158. The topological polar surface area (TPSA) is 32.3 Å². The van der Waals surface area contributed by atoms with Gasteiger partial charge in [0.1, 0.15) is 0 Å². The third kappa shape index (κ3) is 3.11. The van der Waals surface area contributed by atoms with Crippen molar-refractivity contribution in [2.75, 3.05) is 6.54 Å². The van der Waals surface area contributed by atoms with Gasteiger partial charge in [-0.3, -0.25) is 0 Å². The maximum Gasteiger partial charge on any atom is 0.0524 e. The first-order valence-electron chi connectivity index (χ1n) is 5.11. The summed E-state index contributed by atoms with van der Waals surface area (Å²) in [6.07, 6.45) is 4.78. The maximum absolute atomic E-state index is 9.05. The second kappa shape index (κ2) is 4.83. The lowest BCUT2D eigenvalue weighted by atomic mass is 10.1. The smallest absolute Gasteiger partial charge is 0.0524 e. The number of nitrogens with one attached hydrogen (secondary N) is 1. The van der Waals surface area contributed by atoms with Gasteiger partial charge in [0.2, 0.25) is 0 Å². The van der Waals surface area contributed by atoms with Crippen molar-refractivity contribution in [1.29, 1.82) is 0 Å². The zero-order valence-corrected chi connectivity index (χ0v) is 8.21. The van der Waals surface area contributed by atoms with Crippen LogP contribution in [-0.2, 0) is 0 Å². The van der Waals surface area contributed by atoms with Gasteiger partial charge in [0.05, 0.1) is 6.10 Å². The van der Waals surface area contributed by atoms with Crippen LogP contribution in [0, 0.1) is 5.92 Å². The Hall–Kier alpha value is -0.0800. The molecule has 2 nitrogen and oxygen atoms in total. The van der Waals surface area contributed by atoms with Gasteiger partial charge in [-0.25, -0.2) is 0 Å². The quantitative estimate of drug-likeness (QED) is 0.672. The molecule has 1 aliphatic carbocycles. The Bertz CT molecular complexity index is 125. The third-order valence-electron chi connectivity index (χ3n) is 2.83. The van der Waals surface area contributed by atoms with Crippen molar-refractivity contribution >= 4 is 0 Å². The normalized spacial score (nSPS) is 32.2. The third-order valence-corrected chi connectivity index (χ3v) is 2.83. The summed E-state index contributed by atoms with van der Waals surface area (Å²) in [6, 6.07) is 0.712. The molecule has 0 amide bonds. The number of hydrogen-bond acceptors (Lipinski definition) is 2. The molecule has 0 heterocycles. The van der Waals surface area contributed by atoms with Gasteiger partial charge in [0, 0.05) is 6.04 Å². The molecular formula is C10H21NO. The van der Waals surface area contributed by atoms with Gasteiger partial charge < -0.3 is 10.4 Å². The van der Waals surface area contributed by atoms with E-state index in [1.807, 2.05) is 6.92 Å². The Labute approximate surface area is 75.4 Å². The number of hydrogen-bond donors (Lipinski definition) is 2. The summed E-state index contributed by atoms with van der Waals surface area (Å²) in [6.45, 7) is 5.12. The first-order valence-corrected chi connectivity index (χ1v) is 5.11. The van der Waals surface area contributed by atoms with E-state index in [-0.39, 0.29) is 6.10 Å². The standard InChI is InChI=1S/C10H21NO/c1-8-4-3-5-10(8)11-7-6-9(2)12/h8-12H,3-7H2,1-2H3/t8-,9+,10-/m1/s1. The van der Waals surface area contributed by atoms with Crippen molar-refractivity contribution in [3.63, 3.8) is 0 Å². The van der Waals surface area contributed by atoms with Crippen molar-refractivity contribution in [3.05, 3.63) is 0 Å². The molecule has 1 saturated carbocycles. The number of aliphatic hydroxyl groups is 1. The number of aliphatic hydroxyl groups excluding tert-OH is 1. The van der Waals surface area contributed by atoms with E-state index in [4.69, 9.17) is 5.11 Å². The van der Waals surface area contributed by atoms with Crippen LogP contribution in [0.15, 0.2) is 0 Å². The van der Waals surface area contributed by atoms with E-state index in [1.165, 1.54) is 19.3 Å². The Morgan fingerprint density at radius 3 is 2.75 bits per heavy atom. The molecule has 2 heteroatoms. The Morgan fingerprint density at radius 2 is 2.25 bits per heavy atom. The summed E-state index contributed by atoms with van der Waals surface area (Å²) < 4.78 is 0. The lowest BCUT2D eigenvalue weighted by Crippen LogP contribution is -2.32. The summed E-state index contributed by atoms with van der Waals surface area (Å²) >= 11 is 0. The Balaban J connectivity index is 2.06. The second-order valence-electron chi connectivity index (χ2n) is 4.11. The molecule has 0 aromatic rings. The molecule has 0 spiro atoms. The van der Waals surface area contributed by atoms with E-state index < -0.39 is 0 Å². The van der Waals surface area contributed by atoms with E-state index >= 15 is 0 Å². The highest BCUT2D eigenvalue weighted by atomic mass is 16.3. The van der Waals surface area contributed by atoms with Gasteiger partial charge in [0.25, 0.3) is 0 Å². The van der Waals surface area contributed by atoms with Crippen LogP contribution in [-0.4, -0.2) is 23.8 Å². The lowest BCUT2D eigenvalue weighted by Gasteiger charge is -2.17. The highest BCUT2D eigenvalue weighted by Gasteiger charge is 2.22. The van der Waals surface area contributed by atoms with Gasteiger partial charge in [-0.15, -0.1) is 0 Å². The Morgan fingerprint density at radius 1 is 1.50 bits per heavy atom. The average molecular weight is 171 g/mol. The van der Waals surface area contributed by atoms with Crippen LogP contribution < -0.4 is 5.32 Å². The molecule has 1 aliphatic rings. The SMILES string of the molecule is C[C@H](O)CCN[C@@H]1CCC[C@H]1C. The Kier molecular flexibility index (Phi) is 4.02. The molecule has 72 valence electrons. The van der Waals surface area contributed by atoms with Crippen LogP contribution in [0.5, 0.6) is 0 Å². The van der Waals surface area contributed by atoms with Crippen molar-refractivity contribution in [2.45, 2.75) is 51.7 Å². The van der Waals surface area contributed by atoms with Gasteiger partial charge in [0.15, 0.2) is 0 Å². The molecule has 3 atom stereocenters. The summed E-state index contributed by atoms with van der Waals surface area (Å²) in [5.41, 5.74) is 0. The van der Waals surface area contributed by atoms with Gasteiger partial charge >= 0.3 is 0 Å². The maximum atomic E-state index is 9.05. The van der Waals surface area contributed by atoms with Crippen molar-refractivity contribution in [1.82, 2.24) is 5.32 Å². The summed E-state index contributed by atoms with van der Waals surface area (Å²) in [5.74, 6) is 0.832. The molecule has 0 aliphatic heterocycles. The number of rotatable bonds is 4. The van der Waals surface area contributed by atoms with Crippen LogP contribution in [0.2, 0.25) is 0 Å². The molecule has 0 aromatic heterocycles. The van der Waals surface area contributed by atoms with Gasteiger partial charge in [-0.2, -0.15) is 0 Å². The largest absolute Gasteiger partial charge is 0.393 e. The van der Waals surface area contributed by atoms with Crippen LogP contribution in [0.25, 0.3) is 0 Å². The van der Waals surface area contributed by atoms with Gasteiger partial charge in [-0.05, 0) is 38.6 Å². The predicted molar refractivity (Wildman–Crippen MR) is 51.1 cm³/mol. The average Bonchev–Trinajstić information content (AvgIpc) is 2.36. The fourth-order valence-electron chi connectivity index (χ4n) is 1.93. The second-order valence-corrected chi connectivity index (χ2v) is 4.11. The molecule has 0 aromatic carbocycles. The monoisotopic (exact) mass is 171 g/mol. The molecule has 1 fully saturated rings. The van der Waals surface area contributed by atoms with Crippen LogP contribution >= 0.6 is 0 Å². The molecule has 0 bridgehead atoms. The summed E-state index contributed by atoms with van der Waals surface area (Å²) in [5, 5.41) is 12.6. The van der Waals surface area contributed by atoms with Crippen LogP contribution in [0.1, 0.15) is 39.5 Å². The summed E-state index contributed by atoms with van der Waals surface area (Å²) in [7, 11) is 0. The van der Waals surface area contributed by atoms with Crippen LogP contribution in [0.4, 0.5) is 0 Å². The van der Waals surface area contributed by atoms with Crippen molar-refractivity contribution in [3.8, 4) is 0 Å². The molecule has 1 rings (SSSR count). The lowest BCUT2D eigenvalue weighted by molar-refractivity contribution is 0.181. The minimum atomic E-state index is -0.158.